The van der Waals surface area contributed by atoms with Crippen molar-refractivity contribution in [2.75, 3.05) is 6.54 Å². The molecule has 3 nitrogen and oxygen atoms in total. The summed E-state index contributed by atoms with van der Waals surface area (Å²) in [6.45, 7) is 4.69. The first-order valence-electron chi connectivity index (χ1n) is 8.09. The Balaban J connectivity index is 1.80. The van der Waals surface area contributed by atoms with Crippen LogP contribution in [-0.4, -0.2) is 19.3 Å². The van der Waals surface area contributed by atoms with Crippen molar-refractivity contribution >= 4 is 10.0 Å². The monoisotopic (exact) mass is 327 g/mol. The van der Waals surface area contributed by atoms with Crippen LogP contribution < -0.4 is 0 Å². The van der Waals surface area contributed by atoms with E-state index in [1.54, 1.807) is 16.4 Å². The number of hydrogen-bond donors (Lipinski definition) is 0. The summed E-state index contributed by atoms with van der Waals surface area (Å²) in [5.74, 6) is 0.936. The second kappa shape index (κ2) is 4.92. The number of benzene rings is 2. The first kappa shape index (κ1) is 14.9. The third kappa shape index (κ3) is 2.16. The highest BCUT2D eigenvalue weighted by Crippen LogP contribution is 2.61. The molecule has 1 heterocycles. The molecule has 2 aliphatic rings. The van der Waals surface area contributed by atoms with Gasteiger partial charge in [0, 0.05) is 6.54 Å². The molecule has 1 saturated heterocycles. The zero-order valence-electron chi connectivity index (χ0n) is 13.4. The molecule has 1 aliphatic heterocycles. The first-order chi connectivity index (χ1) is 10.9. The van der Waals surface area contributed by atoms with E-state index in [4.69, 9.17) is 0 Å². The van der Waals surface area contributed by atoms with Crippen molar-refractivity contribution in [2.45, 2.75) is 30.7 Å². The summed E-state index contributed by atoms with van der Waals surface area (Å²) >= 11 is 0. The fourth-order valence-corrected chi connectivity index (χ4v) is 5.91. The minimum Gasteiger partial charge on any atom is -0.207 e. The van der Waals surface area contributed by atoms with Gasteiger partial charge in [-0.05, 0) is 49.8 Å². The quantitative estimate of drug-likeness (QED) is 0.864. The lowest BCUT2D eigenvalue weighted by Gasteiger charge is -2.37. The Bertz CT molecular complexity index is 829. The average Bonchev–Trinajstić information content (AvgIpc) is 3.27. The van der Waals surface area contributed by atoms with E-state index < -0.39 is 15.6 Å². The molecule has 3 atom stereocenters. The van der Waals surface area contributed by atoms with Gasteiger partial charge in [-0.3, -0.25) is 0 Å². The minimum atomic E-state index is -3.48. The van der Waals surface area contributed by atoms with Gasteiger partial charge in [0.05, 0.1) is 10.4 Å². The molecule has 1 saturated carbocycles. The normalized spacial score (nSPS) is 30.2. The smallest absolute Gasteiger partial charge is 0.207 e. The Hall–Kier alpha value is -1.65. The lowest BCUT2D eigenvalue weighted by atomic mass is 9.88. The van der Waals surface area contributed by atoms with Gasteiger partial charge in [-0.1, -0.05) is 48.0 Å². The van der Waals surface area contributed by atoms with Crippen molar-refractivity contribution in [3.8, 4) is 0 Å². The zero-order chi connectivity index (χ0) is 16.2. The summed E-state index contributed by atoms with van der Waals surface area (Å²) in [6, 6.07) is 17.2. The molecule has 0 spiro atoms. The number of sulfonamides is 1. The summed E-state index contributed by atoms with van der Waals surface area (Å²) in [5.41, 5.74) is 1.73. The lowest BCUT2D eigenvalue weighted by Crippen LogP contribution is -2.45. The molecule has 0 bridgehead atoms. The Morgan fingerprint density at radius 3 is 2.35 bits per heavy atom. The summed E-state index contributed by atoms with van der Waals surface area (Å²) in [6.07, 6.45) is 1.13. The van der Waals surface area contributed by atoms with Gasteiger partial charge >= 0.3 is 0 Å². The molecule has 0 N–H and O–H groups in total. The van der Waals surface area contributed by atoms with Gasteiger partial charge in [0.2, 0.25) is 10.0 Å². The van der Waals surface area contributed by atoms with Crippen LogP contribution in [0.2, 0.25) is 0 Å². The molecule has 4 heteroatoms. The molecular weight excluding hydrogens is 306 g/mol. The highest BCUT2D eigenvalue weighted by molar-refractivity contribution is 7.89. The second-order valence-corrected chi connectivity index (χ2v) is 8.83. The third-order valence-corrected chi connectivity index (χ3v) is 7.51. The Morgan fingerprint density at radius 1 is 1.04 bits per heavy atom. The van der Waals surface area contributed by atoms with Crippen molar-refractivity contribution in [2.24, 2.45) is 11.8 Å². The number of aryl methyl sites for hydroxylation is 1. The van der Waals surface area contributed by atoms with Gasteiger partial charge in [0.1, 0.15) is 0 Å². The standard InChI is InChI=1S/C19H21NO2S/c1-14-8-10-17(11-9-14)23(21,22)20-13-15-12-18(15)19(20,2)16-6-4-3-5-7-16/h3-11,15,18H,12-13H2,1-2H3/t15-,18?,19-/m1/s1. The third-order valence-electron chi connectivity index (χ3n) is 5.53. The van der Waals surface area contributed by atoms with Crippen molar-refractivity contribution in [1.82, 2.24) is 4.31 Å². The average molecular weight is 327 g/mol. The van der Waals surface area contributed by atoms with Gasteiger partial charge in [-0.25, -0.2) is 8.42 Å². The maximum absolute atomic E-state index is 13.2. The SMILES string of the molecule is Cc1ccc(S(=O)(=O)N2C[C@H]3CC3[C@@]2(C)c2ccccc2)cc1. The number of piperidine rings is 1. The van der Waals surface area contributed by atoms with Crippen molar-refractivity contribution in [3.05, 3.63) is 65.7 Å². The van der Waals surface area contributed by atoms with E-state index in [0.717, 1.165) is 17.5 Å². The van der Waals surface area contributed by atoms with E-state index in [-0.39, 0.29) is 0 Å². The fraction of sp³-hybridized carbons (Fsp3) is 0.368. The summed E-state index contributed by atoms with van der Waals surface area (Å²) in [5, 5.41) is 0. The van der Waals surface area contributed by atoms with Crippen LogP contribution >= 0.6 is 0 Å². The van der Waals surface area contributed by atoms with Crippen LogP contribution in [0.25, 0.3) is 0 Å². The number of hydrogen-bond acceptors (Lipinski definition) is 2. The predicted octanol–water partition coefficient (Wildman–Crippen LogP) is 3.55. The molecule has 23 heavy (non-hydrogen) atoms. The number of rotatable bonds is 3. The van der Waals surface area contributed by atoms with Gasteiger partial charge in [-0.2, -0.15) is 4.31 Å². The lowest BCUT2D eigenvalue weighted by molar-refractivity contribution is 0.226. The van der Waals surface area contributed by atoms with Crippen LogP contribution in [0.15, 0.2) is 59.5 Å². The second-order valence-electron chi connectivity index (χ2n) is 6.97. The van der Waals surface area contributed by atoms with Crippen LogP contribution in [-0.2, 0) is 15.6 Å². The van der Waals surface area contributed by atoms with Gasteiger partial charge in [0.15, 0.2) is 0 Å². The molecule has 2 aromatic carbocycles. The van der Waals surface area contributed by atoms with Gasteiger partial charge in [-0.15, -0.1) is 0 Å². The topological polar surface area (TPSA) is 37.4 Å². The van der Waals surface area contributed by atoms with E-state index in [0.29, 0.717) is 23.3 Å². The van der Waals surface area contributed by atoms with Crippen LogP contribution in [0.5, 0.6) is 0 Å². The van der Waals surface area contributed by atoms with E-state index in [9.17, 15) is 8.42 Å². The largest absolute Gasteiger partial charge is 0.243 e. The van der Waals surface area contributed by atoms with E-state index in [2.05, 4.69) is 19.1 Å². The number of nitrogens with zero attached hydrogens (tertiary/aromatic N) is 1. The summed E-state index contributed by atoms with van der Waals surface area (Å²) in [7, 11) is -3.48. The Labute approximate surface area is 138 Å². The van der Waals surface area contributed by atoms with Gasteiger partial charge in [0.25, 0.3) is 0 Å². The first-order valence-corrected chi connectivity index (χ1v) is 9.53. The molecule has 2 aromatic rings. The van der Waals surface area contributed by atoms with Crippen LogP contribution in [0, 0.1) is 18.8 Å². The van der Waals surface area contributed by atoms with E-state index >= 15 is 0 Å². The summed E-state index contributed by atoms with van der Waals surface area (Å²) in [4.78, 5) is 0.395. The fourth-order valence-electron chi connectivity index (χ4n) is 4.04. The molecule has 1 unspecified atom stereocenters. The van der Waals surface area contributed by atoms with E-state index in [1.807, 2.05) is 37.3 Å². The maximum Gasteiger partial charge on any atom is 0.243 e. The molecular formula is C19H21NO2S. The number of fused-ring (bicyclic) bond motifs is 1. The summed E-state index contributed by atoms with van der Waals surface area (Å²) < 4.78 is 28.2. The highest BCUT2D eigenvalue weighted by Gasteiger charge is 2.63. The van der Waals surface area contributed by atoms with Crippen LogP contribution in [0.1, 0.15) is 24.5 Å². The Morgan fingerprint density at radius 2 is 1.70 bits per heavy atom. The predicted molar refractivity (Wildman–Crippen MR) is 90.5 cm³/mol. The molecule has 0 aromatic heterocycles. The maximum atomic E-state index is 13.2. The molecule has 0 amide bonds. The zero-order valence-corrected chi connectivity index (χ0v) is 14.3. The molecule has 4 rings (SSSR count). The van der Waals surface area contributed by atoms with E-state index in [1.165, 1.54) is 0 Å². The van der Waals surface area contributed by atoms with Crippen LogP contribution in [0.4, 0.5) is 0 Å². The highest BCUT2D eigenvalue weighted by atomic mass is 32.2. The molecule has 2 fully saturated rings. The minimum absolute atomic E-state index is 0.395. The van der Waals surface area contributed by atoms with Crippen molar-refractivity contribution < 1.29 is 8.42 Å². The van der Waals surface area contributed by atoms with Crippen molar-refractivity contribution in [3.63, 3.8) is 0 Å². The Kier molecular flexibility index (Phi) is 3.19. The van der Waals surface area contributed by atoms with Gasteiger partial charge < -0.3 is 0 Å². The molecule has 0 radical (unpaired) electrons. The molecule has 120 valence electrons. The van der Waals surface area contributed by atoms with Crippen LogP contribution in [0.3, 0.4) is 0 Å². The molecule has 1 aliphatic carbocycles. The van der Waals surface area contributed by atoms with Crippen molar-refractivity contribution in [1.29, 1.82) is 0 Å².